The van der Waals surface area contributed by atoms with E-state index in [0.717, 1.165) is 6.42 Å². The standard InChI is InChI=1S/C22H19N/c1-22(2)18-10-7-6-8-14(18)16-12-17-15-9-4-3-5-11-20(15)23-21(17)13-19(16)22/h3-8,10-13,23H,9H2,1-2H3. The highest BCUT2D eigenvalue weighted by atomic mass is 14.7. The van der Waals surface area contributed by atoms with E-state index in [1.54, 1.807) is 0 Å². The minimum absolute atomic E-state index is 0.0678. The highest BCUT2D eigenvalue weighted by Gasteiger charge is 2.35. The van der Waals surface area contributed by atoms with Crippen molar-refractivity contribution < 1.29 is 0 Å². The molecule has 1 heterocycles. The predicted octanol–water partition coefficient (Wildman–Crippen LogP) is 5.60. The molecule has 23 heavy (non-hydrogen) atoms. The topological polar surface area (TPSA) is 15.8 Å². The molecule has 0 saturated heterocycles. The van der Waals surface area contributed by atoms with Crippen LogP contribution in [-0.4, -0.2) is 4.98 Å². The van der Waals surface area contributed by atoms with Crippen molar-refractivity contribution in [1.29, 1.82) is 0 Å². The molecule has 0 unspecified atom stereocenters. The molecule has 1 aromatic heterocycles. The molecular weight excluding hydrogens is 278 g/mol. The lowest BCUT2D eigenvalue weighted by atomic mass is 9.82. The molecule has 1 N–H and O–H groups in total. The summed E-state index contributed by atoms with van der Waals surface area (Å²) in [6, 6.07) is 13.6. The Labute approximate surface area is 136 Å². The second kappa shape index (κ2) is 4.26. The molecule has 0 bridgehead atoms. The first kappa shape index (κ1) is 13.0. The Balaban J connectivity index is 1.86. The van der Waals surface area contributed by atoms with Gasteiger partial charge in [-0.25, -0.2) is 0 Å². The number of benzene rings is 2. The highest BCUT2D eigenvalue weighted by Crippen LogP contribution is 2.50. The van der Waals surface area contributed by atoms with E-state index in [0.29, 0.717) is 0 Å². The van der Waals surface area contributed by atoms with Crippen LogP contribution in [0.4, 0.5) is 0 Å². The van der Waals surface area contributed by atoms with Crippen LogP contribution in [0.3, 0.4) is 0 Å². The molecule has 2 aliphatic rings. The summed E-state index contributed by atoms with van der Waals surface area (Å²) in [7, 11) is 0. The number of aromatic amines is 1. The van der Waals surface area contributed by atoms with Gasteiger partial charge in [0, 0.05) is 22.0 Å². The van der Waals surface area contributed by atoms with E-state index in [-0.39, 0.29) is 5.41 Å². The Morgan fingerprint density at radius 1 is 0.957 bits per heavy atom. The second-order valence-corrected chi connectivity index (χ2v) is 7.12. The number of nitrogens with one attached hydrogen (secondary N) is 1. The molecule has 2 aliphatic carbocycles. The Kier molecular flexibility index (Phi) is 2.40. The van der Waals surface area contributed by atoms with Crippen molar-refractivity contribution in [3.8, 4) is 11.1 Å². The van der Waals surface area contributed by atoms with E-state index >= 15 is 0 Å². The average molecular weight is 297 g/mol. The smallest absolute Gasteiger partial charge is 0.0465 e. The van der Waals surface area contributed by atoms with Crippen molar-refractivity contribution in [3.05, 3.63) is 77.0 Å². The van der Waals surface area contributed by atoms with E-state index in [2.05, 4.69) is 79.5 Å². The Hall–Kier alpha value is -2.54. The van der Waals surface area contributed by atoms with Crippen molar-refractivity contribution >= 4 is 17.0 Å². The molecule has 0 atom stereocenters. The van der Waals surface area contributed by atoms with E-state index in [1.807, 2.05) is 0 Å². The van der Waals surface area contributed by atoms with E-state index in [4.69, 9.17) is 0 Å². The third-order valence-electron chi connectivity index (χ3n) is 5.47. The second-order valence-electron chi connectivity index (χ2n) is 7.12. The molecular formula is C22H19N. The van der Waals surface area contributed by atoms with Crippen molar-refractivity contribution in [2.75, 3.05) is 0 Å². The van der Waals surface area contributed by atoms with Crippen LogP contribution in [0.5, 0.6) is 0 Å². The highest BCUT2D eigenvalue weighted by molar-refractivity contribution is 5.95. The van der Waals surface area contributed by atoms with Gasteiger partial charge in [0.15, 0.2) is 0 Å². The first-order valence-electron chi connectivity index (χ1n) is 8.28. The first-order chi connectivity index (χ1) is 11.2. The van der Waals surface area contributed by atoms with Crippen molar-refractivity contribution in [3.63, 3.8) is 0 Å². The van der Waals surface area contributed by atoms with Gasteiger partial charge in [0.1, 0.15) is 0 Å². The number of rotatable bonds is 0. The summed E-state index contributed by atoms with van der Waals surface area (Å²) in [5.41, 5.74) is 9.65. The van der Waals surface area contributed by atoms with Crippen LogP contribution in [0.15, 0.2) is 54.6 Å². The summed E-state index contributed by atoms with van der Waals surface area (Å²) >= 11 is 0. The molecule has 2 aromatic carbocycles. The zero-order valence-electron chi connectivity index (χ0n) is 13.5. The minimum Gasteiger partial charge on any atom is -0.355 e. The zero-order valence-corrected chi connectivity index (χ0v) is 13.5. The quantitative estimate of drug-likeness (QED) is 0.556. The van der Waals surface area contributed by atoms with Gasteiger partial charge in [-0.05, 0) is 52.4 Å². The van der Waals surface area contributed by atoms with Gasteiger partial charge in [0.2, 0.25) is 0 Å². The summed E-state index contributed by atoms with van der Waals surface area (Å²) in [4.78, 5) is 3.62. The maximum absolute atomic E-state index is 3.62. The first-order valence-corrected chi connectivity index (χ1v) is 8.28. The van der Waals surface area contributed by atoms with Gasteiger partial charge in [0.05, 0.1) is 0 Å². The summed E-state index contributed by atoms with van der Waals surface area (Å²) in [6.07, 6.45) is 9.66. The largest absolute Gasteiger partial charge is 0.355 e. The van der Waals surface area contributed by atoms with Crippen LogP contribution >= 0.6 is 0 Å². The Bertz CT molecular complexity index is 1010. The van der Waals surface area contributed by atoms with Gasteiger partial charge in [-0.1, -0.05) is 56.3 Å². The van der Waals surface area contributed by atoms with Crippen LogP contribution in [0, 0.1) is 0 Å². The van der Waals surface area contributed by atoms with Gasteiger partial charge >= 0.3 is 0 Å². The fourth-order valence-electron chi connectivity index (χ4n) is 4.24. The van der Waals surface area contributed by atoms with Gasteiger partial charge in [-0.2, -0.15) is 0 Å². The van der Waals surface area contributed by atoms with Crippen molar-refractivity contribution in [1.82, 2.24) is 4.98 Å². The lowest BCUT2D eigenvalue weighted by molar-refractivity contribution is 0.661. The minimum atomic E-state index is 0.0678. The van der Waals surface area contributed by atoms with Crippen LogP contribution in [0.25, 0.3) is 28.1 Å². The van der Waals surface area contributed by atoms with Gasteiger partial charge in [-0.15, -0.1) is 0 Å². The van der Waals surface area contributed by atoms with Gasteiger partial charge < -0.3 is 4.98 Å². The van der Waals surface area contributed by atoms with Crippen molar-refractivity contribution in [2.24, 2.45) is 0 Å². The molecule has 1 nitrogen and oxygen atoms in total. The van der Waals surface area contributed by atoms with Crippen molar-refractivity contribution in [2.45, 2.75) is 25.7 Å². The predicted molar refractivity (Wildman–Crippen MR) is 97.7 cm³/mol. The molecule has 3 aromatic rings. The van der Waals surface area contributed by atoms with E-state index < -0.39 is 0 Å². The zero-order chi connectivity index (χ0) is 15.6. The molecule has 1 heteroatoms. The normalized spacial score (nSPS) is 17.0. The van der Waals surface area contributed by atoms with E-state index in [1.165, 1.54) is 44.4 Å². The summed E-state index contributed by atoms with van der Waals surface area (Å²) in [5.74, 6) is 0. The fraction of sp³-hybridized carbons (Fsp3) is 0.182. The fourth-order valence-corrected chi connectivity index (χ4v) is 4.24. The molecule has 0 aliphatic heterocycles. The molecule has 0 radical (unpaired) electrons. The maximum Gasteiger partial charge on any atom is 0.0465 e. The molecule has 0 spiro atoms. The molecule has 0 saturated carbocycles. The molecule has 0 amide bonds. The summed E-state index contributed by atoms with van der Waals surface area (Å²) in [6.45, 7) is 4.67. The summed E-state index contributed by atoms with van der Waals surface area (Å²) < 4.78 is 0. The third-order valence-corrected chi connectivity index (χ3v) is 5.47. The monoisotopic (exact) mass is 297 g/mol. The van der Waals surface area contributed by atoms with Crippen LogP contribution in [0.2, 0.25) is 0 Å². The average Bonchev–Trinajstić information content (AvgIpc) is 2.87. The van der Waals surface area contributed by atoms with Gasteiger partial charge in [-0.3, -0.25) is 0 Å². The lowest BCUT2D eigenvalue weighted by Crippen LogP contribution is -2.14. The van der Waals surface area contributed by atoms with Crippen LogP contribution < -0.4 is 0 Å². The number of H-pyrrole nitrogens is 1. The molecule has 112 valence electrons. The van der Waals surface area contributed by atoms with Crippen LogP contribution in [0.1, 0.15) is 36.2 Å². The van der Waals surface area contributed by atoms with Crippen LogP contribution in [-0.2, 0) is 11.8 Å². The number of aromatic nitrogens is 1. The molecule has 0 fully saturated rings. The summed E-state index contributed by atoms with van der Waals surface area (Å²) in [5, 5.41) is 1.36. The number of fused-ring (bicyclic) bond motifs is 6. The number of hydrogen-bond donors (Lipinski definition) is 1. The Morgan fingerprint density at radius 2 is 1.83 bits per heavy atom. The Morgan fingerprint density at radius 3 is 2.74 bits per heavy atom. The molecule has 5 rings (SSSR count). The van der Waals surface area contributed by atoms with E-state index in [9.17, 15) is 0 Å². The van der Waals surface area contributed by atoms with Gasteiger partial charge in [0.25, 0.3) is 0 Å². The maximum atomic E-state index is 3.62. The SMILES string of the molecule is CC1(C)c2ccccc2-c2cc3c4c([nH]c3cc21)C=CC=CC4. The number of allylic oxidation sites excluding steroid dienone is 3. The third kappa shape index (κ3) is 1.62. The number of hydrogen-bond acceptors (Lipinski definition) is 0. The lowest BCUT2D eigenvalue weighted by Gasteiger charge is -2.21.